The smallest absolute Gasteiger partial charge is 0.334 e. The van der Waals surface area contributed by atoms with Crippen molar-refractivity contribution in [3.8, 4) is 0 Å². The molecule has 0 aliphatic carbocycles. The lowest BCUT2D eigenvalue weighted by Gasteiger charge is -2.53. The van der Waals surface area contributed by atoms with E-state index in [1.807, 2.05) is 0 Å². The van der Waals surface area contributed by atoms with Gasteiger partial charge in [-0.3, -0.25) is 10.1 Å². The molecular formula is C13H17ClN4O5. The maximum Gasteiger partial charge on any atom is 0.334 e. The van der Waals surface area contributed by atoms with Crippen LogP contribution in [0.3, 0.4) is 0 Å². The van der Waals surface area contributed by atoms with Crippen LogP contribution in [0, 0.1) is 10.1 Å². The fraction of sp³-hybridized carbons (Fsp3) is 0.615. The van der Waals surface area contributed by atoms with Gasteiger partial charge in [-0.25, -0.2) is 9.78 Å². The normalized spacial score (nSPS) is 23.3. The van der Waals surface area contributed by atoms with Crippen LogP contribution in [-0.2, 0) is 20.7 Å². The molecule has 0 saturated carbocycles. The summed E-state index contributed by atoms with van der Waals surface area (Å²) in [6.45, 7) is 3.56. The van der Waals surface area contributed by atoms with Crippen molar-refractivity contribution in [2.24, 2.45) is 0 Å². The summed E-state index contributed by atoms with van der Waals surface area (Å²) >= 11 is 5.89. The first kappa shape index (κ1) is 17.4. The van der Waals surface area contributed by atoms with E-state index < -0.39 is 22.5 Å². The summed E-state index contributed by atoms with van der Waals surface area (Å²) in [5.74, 6) is -0.578. The molecule has 0 aromatic carbocycles. The standard InChI is InChI=1S/C13H17ClN4O5/c1-5-7-9(18(20)21)10(16-12(14)15-7)17-6-8(22-3)13(17,2)11(19)23-4/h8H,5-6H2,1-4H3/t8-,13+/m0/s1. The molecule has 2 heterocycles. The first-order valence-corrected chi connectivity index (χ1v) is 7.28. The molecule has 0 radical (unpaired) electrons. The molecule has 23 heavy (non-hydrogen) atoms. The third-order valence-electron chi connectivity index (χ3n) is 4.10. The van der Waals surface area contributed by atoms with Crippen molar-refractivity contribution in [1.82, 2.24) is 9.97 Å². The Balaban J connectivity index is 2.60. The second-order valence-corrected chi connectivity index (χ2v) is 5.53. The molecule has 1 aromatic rings. The molecule has 10 heteroatoms. The topological polar surface area (TPSA) is 108 Å². The molecule has 126 valence electrons. The number of aromatic nitrogens is 2. The lowest BCUT2D eigenvalue weighted by atomic mass is 9.83. The zero-order chi connectivity index (χ0) is 17.4. The molecule has 0 amide bonds. The largest absolute Gasteiger partial charge is 0.467 e. The zero-order valence-electron chi connectivity index (χ0n) is 13.2. The third kappa shape index (κ3) is 2.59. The van der Waals surface area contributed by atoms with E-state index >= 15 is 0 Å². The summed E-state index contributed by atoms with van der Waals surface area (Å²) < 4.78 is 10.1. The van der Waals surface area contributed by atoms with Crippen molar-refractivity contribution >= 4 is 29.1 Å². The summed E-state index contributed by atoms with van der Waals surface area (Å²) in [5.41, 5.74) is -1.28. The summed E-state index contributed by atoms with van der Waals surface area (Å²) in [6.07, 6.45) is -0.171. The maximum atomic E-state index is 12.2. The van der Waals surface area contributed by atoms with Crippen LogP contribution in [0.1, 0.15) is 19.5 Å². The number of nitrogens with zero attached hydrogens (tertiary/aromatic N) is 4. The summed E-state index contributed by atoms with van der Waals surface area (Å²) in [6, 6.07) is 0. The Morgan fingerprint density at radius 1 is 1.52 bits per heavy atom. The van der Waals surface area contributed by atoms with E-state index in [1.54, 1.807) is 13.8 Å². The predicted octanol–water partition coefficient (Wildman–Crippen LogP) is 1.37. The van der Waals surface area contributed by atoms with Crippen molar-refractivity contribution in [3.05, 3.63) is 21.1 Å². The van der Waals surface area contributed by atoms with Crippen molar-refractivity contribution < 1.29 is 19.2 Å². The van der Waals surface area contributed by atoms with E-state index in [-0.39, 0.29) is 29.0 Å². The Hall–Kier alpha value is -2.00. The Bertz CT molecular complexity index is 655. The minimum Gasteiger partial charge on any atom is -0.467 e. The van der Waals surface area contributed by atoms with E-state index in [2.05, 4.69) is 9.97 Å². The average Bonchev–Trinajstić information content (AvgIpc) is 2.51. The minimum absolute atomic E-state index is 0.00644. The highest BCUT2D eigenvalue weighted by molar-refractivity contribution is 6.28. The van der Waals surface area contributed by atoms with Gasteiger partial charge in [-0.1, -0.05) is 6.92 Å². The van der Waals surface area contributed by atoms with Crippen LogP contribution < -0.4 is 4.90 Å². The van der Waals surface area contributed by atoms with Gasteiger partial charge in [0, 0.05) is 13.7 Å². The number of ether oxygens (including phenoxy) is 2. The SMILES string of the molecule is CCc1nc(Cl)nc(N2C[C@H](OC)[C@]2(C)C(=O)OC)c1[N+](=O)[O-]. The molecule has 1 aliphatic rings. The molecule has 2 rings (SSSR count). The Kier molecular flexibility index (Phi) is 4.71. The van der Waals surface area contributed by atoms with Crippen LogP contribution in [-0.4, -0.2) is 53.3 Å². The number of rotatable bonds is 5. The van der Waals surface area contributed by atoms with Crippen LogP contribution in [0.5, 0.6) is 0 Å². The monoisotopic (exact) mass is 344 g/mol. The fourth-order valence-corrected chi connectivity index (χ4v) is 2.92. The van der Waals surface area contributed by atoms with Gasteiger partial charge in [0.25, 0.3) is 0 Å². The van der Waals surface area contributed by atoms with Gasteiger partial charge < -0.3 is 14.4 Å². The fourth-order valence-electron chi connectivity index (χ4n) is 2.73. The lowest BCUT2D eigenvalue weighted by molar-refractivity contribution is -0.385. The number of carbonyl (C=O) groups excluding carboxylic acids is 1. The van der Waals surface area contributed by atoms with E-state index in [4.69, 9.17) is 21.1 Å². The molecule has 1 aromatic heterocycles. The third-order valence-corrected chi connectivity index (χ3v) is 4.27. The molecule has 0 unspecified atom stereocenters. The Labute approximate surface area is 137 Å². The van der Waals surface area contributed by atoms with Gasteiger partial charge >= 0.3 is 11.7 Å². The quantitative estimate of drug-likeness (QED) is 0.341. The van der Waals surface area contributed by atoms with Crippen molar-refractivity contribution in [2.75, 3.05) is 25.7 Å². The van der Waals surface area contributed by atoms with Gasteiger partial charge in [0.1, 0.15) is 11.8 Å². The van der Waals surface area contributed by atoms with E-state index in [9.17, 15) is 14.9 Å². The number of hydrogen-bond donors (Lipinski definition) is 0. The van der Waals surface area contributed by atoms with E-state index in [1.165, 1.54) is 19.1 Å². The molecule has 2 atom stereocenters. The summed E-state index contributed by atoms with van der Waals surface area (Å²) in [7, 11) is 2.71. The summed E-state index contributed by atoms with van der Waals surface area (Å²) in [5, 5.41) is 11.4. The van der Waals surface area contributed by atoms with Gasteiger partial charge in [0.05, 0.1) is 12.0 Å². The number of methoxy groups -OCH3 is 2. The molecule has 0 N–H and O–H groups in total. The number of halogens is 1. The average molecular weight is 345 g/mol. The van der Waals surface area contributed by atoms with Gasteiger partial charge in [0.2, 0.25) is 11.1 Å². The van der Waals surface area contributed by atoms with Crippen molar-refractivity contribution in [1.29, 1.82) is 0 Å². The molecule has 1 aliphatic heterocycles. The zero-order valence-corrected chi connectivity index (χ0v) is 14.0. The maximum absolute atomic E-state index is 12.2. The molecule has 0 bridgehead atoms. The second kappa shape index (κ2) is 6.25. The second-order valence-electron chi connectivity index (χ2n) is 5.20. The number of carbonyl (C=O) groups is 1. The van der Waals surface area contributed by atoms with Gasteiger partial charge in [0.15, 0.2) is 5.54 Å². The van der Waals surface area contributed by atoms with Gasteiger partial charge in [-0.05, 0) is 24.9 Å². The summed E-state index contributed by atoms with van der Waals surface area (Å²) in [4.78, 5) is 32.5. The predicted molar refractivity (Wildman–Crippen MR) is 81.6 cm³/mol. The van der Waals surface area contributed by atoms with Crippen LogP contribution in [0.25, 0.3) is 0 Å². The van der Waals surface area contributed by atoms with Crippen molar-refractivity contribution in [3.63, 3.8) is 0 Å². The van der Waals surface area contributed by atoms with Crippen LogP contribution in [0.4, 0.5) is 11.5 Å². The molecule has 0 spiro atoms. The molecular weight excluding hydrogens is 328 g/mol. The lowest BCUT2D eigenvalue weighted by Crippen LogP contribution is -2.74. The van der Waals surface area contributed by atoms with E-state index in [0.717, 1.165) is 0 Å². The van der Waals surface area contributed by atoms with E-state index in [0.29, 0.717) is 6.42 Å². The van der Waals surface area contributed by atoms with Crippen LogP contribution in [0.2, 0.25) is 5.28 Å². The molecule has 1 fully saturated rings. The minimum atomic E-state index is -1.23. The first-order valence-electron chi connectivity index (χ1n) is 6.90. The van der Waals surface area contributed by atoms with Crippen molar-refractivity contribution in [2.45, 2.75) is 31.9 Å². The Morgan fingerprint density at radius 3 is 2.65 bits per heavy atom. The highest BCUT2D eigenvalue weighted by Gasteiger charge is 2.59. The molecule has 1 saturated heterocycles. The van der Waals surface area contributed by atoms with Crippen LogP contribution in [0.15, 0.2) is 0 Å². The first-order chi connectivity index (χ1) is 10.8. The molecule has 9 nitrogen and oxygen atoms in total. The van der Waals surface area contributed by atoms with Gasteiger partial charge in [-0.2, -0.15) is 4.98 Å². The number of esters is 1. The Morgan fingerprint density at radius 2 is 2.17 bits per heavy atom. The highest BCUT2D eigenvalue weighted by atomic mass is 35.5. The number of anilines is 1. The highest BCUT2D eigenvalue weighted by Crippen LogP contribution is 2.42. The van der Waals surface area contributed by atoms with Crippen LogP contribution >= 0.6 is 11.6 Å². The van der Waals surface area contributed by atoms with Gasteiger partial charge in [-0.15, -0.1) is 0 Å². The number of aryl methyl sites for hydroxylation is 1. The number of nitro groups is 1. The number of hydrogen-bond acceptors (Lipinski definition) is 8.